The molecule has 5 aromatic rings. The summed E-state index contributed by atoms with van der Waals surface area (Å²) in [5, 5.41) is 15.1. The summed E-state index contributed by atoms with van der Waals surface area (Å²) in [5.41, 5.74) is 6.92. The second-order valence-electron chi connectivity index (χ2n) is 11.1. The van der Waals surface area contributed by atoms with E-state index in [9.17, 15) is 9.59 Å². The number of rotatable bonds is 10. The van der Waals surface area contributed by atoms with Crippen molar-refractivity contribution in [1.82, 2.24) is 20.3 Å². The fraction of sp³-hybridized carbons (Fsp3) is 0.222. The molecule has 8 heteroatoms. The summed E-state index contributed by atoms with van der Waals surface area (Å²) in [7, 11) is 0. The van der Waals surface area contributed by atoms with E-state index in [1.807, 2.05) is 72.8 Å². The van der Waals surface area contributed by atoms with E-state index < -0.39 is 6.09 Å². The fourth-order valence-electron chi connectivity index (χ4n) is 5.66. The van der Waals surface area contributed by atoms with Crippen LogP contribution in [0.4, 0.5) is 10.5 Å². The van der Waals surface area contributed by atoms with Crippen molar-refractivity contribution < 1.29 is 14.3 Å². The second kappa shape index (κ2) is 13.9. The van der Waals surface area contributed by atoms with Crippen LogP contribution >= 0.6 is 0 Å². The predicted molar refractivity (Wildman–Crippen MR) is 173 cm³/mol. The van der Waals surface area contributed by atoms with Gasteiger partial charge in [0, 0.05) is 23.7 Å². The number of ether oxygens (including phenoxy) is 1. The van der Waals surface area contributed by atoms with Crippen molar-refractivity contribution in [2.24, 2.45) is 0 Å². The summed E-state index contributed by atoms with van der Waals surface area (Å²) in [6.07, 6.45) is 7.85. The molecule has 6 rings (SSSR count). The van der Waals surface area contributed by atoms with Gasteiger partial charge in [0.05, 0.1) is 17.7 Å². The number of hydrogen-bond donors (Lipinski definition) is 2. The van der Waals surface area contributed by atoms with Gasteiger partial charge in [0.25, 0.3) is 0 Å². The molecule has 1 fully saturated rings. The molecule has 1 aliphatic carbocycles. The molecule has 0 radical (unpaired) electrons. The van der Waals surface area contributed by atoms with Crippen LogP contribution in [0, 0.1) is 0 Å². The van der Waals surface area contributed by atoms with Gasteiger partial charge in [-0.2, -0.15) is 0 Å². The topological polar surface area (TPSA) is 98.1 Å². The SMILES string of the molecule is O=Cc1ccc2c(c1)nnn2C/C=C/c1ccc(-c2ccccc2)c(NC(=O)OC2CCC(NCc3ccccc3)CC2)c1. The molecule has 1 saturated carbocycles. The van der Waals surface area contributed by atoms with Crippen LogP contribution in [-0.2, 0) is 17.8 Å². The number of anilines is 1. The maximum Gasteiger partial charge on any atom is 0.411 e. The second-order valence-corrected chi connectivity index (χ2v) is 11.1. The standard InChI is InChI=1S/C36H35N5O3/c42-25-28-14-20-35-34(23-28)39-40-41(35)21-7-10-26-13-19-32(29-11-5-2-6-12-29)33(22-26)38-36(43)44-31-17-15-30(16-18-31)37-24-27-8-3-1-4-9-27/h1-14,19-20,22-23,25,30-31,37H,15-18,21,24H2,(H,38,43)/b10-7+. The van der Waals surface area contributed by atoms with Crippen LogP contribution in [0.1, 0.15) is 47.2 Å². The minimum atomic E-state index is -0.437. The van der Waals surface area contributed by atoms with E-state index in [4.69, 9.17) is 4.74 Å². The number of aromatic nitrogens is 3. The van der Waals surface area contributed by atoms with Crippen LogP contribution in [0.3, 0.4) is 0 Å². The highest BCUT2D eigenvalue weighted by atomic mass is 16.6. The molecule has 8 nitrogen and oxygen atoms in total. The highest BCUT2D eigenvalue weighted by Crippen LogP contribution is 2.30. The van der Waals surface area contributed by atoms with Gasteiger partial charge < -0.3 is 10.1 Å². The van der Waals surface area contributed by atoms with Crippen molar-refractivity contribution in [2.75, 3.05) is 5.32 Å². The van der Waals surface area contributed by atoms with Gasteiger partial charge in [-0.1, -0.05) is 90.2 Å². The van der Waals surface area contributed by atoms with Gasteiger partial charge in [-0.05, 0) is 66.6 Å². The molecule has 44 heavy (non-hydrogen) atoms. The molecule has 1 aromatic heterocycles. The van der Waals surface area contributed by atoms with Gasteiger partial charge >= 0.3 is 6.09 Å². The Bertz CT molecular complexity index is 1740. The van der Waals surface area contributed by atoms with Gasteiger partial charge in [0.15, 0.2) is 0 Å². The summed E-state index contributed by atoms with van der Waals surface area (Å²) in [6, 6.07) is 32.1. The van der Waals surface area contributed by atoms with Gasteiger partial charge in [0.1, 0.15) is 17.9 Å². The van der Waals surface area contributed by atoms with Crippen molar-refractivity contribution in [1.29, 1.82) is 0 Å². The Kier molecular flexibility index (Phi) is 9.18. The van der Waals surface area contributed by atoms with Gasteiger partial charge in [0.2, 0.25) is 0 Å². The molecule has 0 spiro atoms. The Morgan fingerprint density at radius 2 is 1.64 bits per heavy atom. The van der Waals surface area contributed by atoms with Crippen LogP contribution in [-0.4, -0.2) is 39.5 Å². The molecule has 4 aromatic carbocycles. The lowest BCUT2D eigenvalue weighted by molar-refractivity contribution is 0.0790. The van der Waals surface area contributed by atoms with Crippen molar-refractivity contribution in [3.63, 3.8) is 0 Å². The number of carbonyl (C=O) groups excluding carboxylic acids is 2. The number of nitrogens with zero attached hydrogens (tertiary/aromatic N) is 3. The Balaban J connectivity index is 1.09. The molecule has 0 atom stereocenters. The summed E-state index contributed by atoms with van der Waals surface area (Å²) in [4.78, 5) is 24.2. The fourth-order valence-corrected chi connectivity index (χ4v) is 5.66. The van der Waals surface area contributed by atoms with E-state index in [0.717, 1.165) is 60.7 Å². The summed E-state index contributed by atoms with van der Waals surface area (Å²) in [5.74, 6) is 0. The summed E-state index contributed by atoms with van der Waals surface area (Å²) >= 11 is 0. The van der Waals surface area contributed by atoms with Crippen molar-refractivity contribution in [3.8, 4) is 11.1 Å². The van der Waals surface area contributed by atoms with Crippen LogP contribution in [0.15, 0.2) is 103 Å². The molecule has 1 heterocycles. The third-order valence-corrected chi connectivity index (χ3v) is 8.01. The lowest BCUT2D eigenvalue weighted by Crippen LogP contribution is -2.36. The van der Waals surface area contributed by atoms with Gasteiger partial charge in [-0.25, -0.2) is 9.48 Å². The number of hydrogen-bond acceptors (Lipinski definition) is 6. The zero-order valence-corrected chi connectivity index (χ0v) is 24.4. The van der Waals surface area contributed by atoms with Crippen LogP contribution in [0.25, 0.3) is 28.2 Å². The quantitative estimate of drug-likeness (QED) is 0.167. The van der Waals surface area contributed by atoms with Crippen molar-refractivity contribution in [3.05, 3.63) is 120 Å². The van der Waals surface area contributed by atoms with Crippen LogP contribution < -0.4 is 10.6 Å². The van der Waals surface area contributed by atoms with Crippen molar-refractivity contribution >= 4 is 35.2 Å². The number of amides is 1. The third kappa shape index (κ3) is 7.27. The number of benzene rings is 4. The molecule has 0 aliphatic heterocycles. The third-order valence-electron chi connectivity index (χ3n) is 8.01. The molecule has 222 valence electrons. The van der Waals surface area contributed by atoms with E-state index in [0.29, 0.717) is 29.4 Å². The van der Waals surface area contributed by atoms with Gasteiger partial charge in [-0.15, -0.1) is 5.10 Å². The molecule has 0 saturated heterocycles. The molecule has 2 N–H and O–H groups in total. The minimum Gasteiger partial charge on any atom is -0.446 e. The first kappa shape index (κ1) is 29.0. The number of nitrogens with one attached hydrogen (secondary N) is 2. The predicted octanol–water partition coefficient (Wildman–Crippen LogP) is 7.27. The normalized spacial score (nSPS) is 16.6. The highest BCUT2D eigenvalue weighted by molar-refractivity contribution is 5.92. The largest absolute Gasteiger partial charge is 0.446 e. The Morgan fingerprint density at radius 3 is 2.41 bits per heavy atom. The zero-order chi connectivity index (χ0) is 30.1. The first-order valence-corrected chi connectivity index (χ1v) is 15.0. The maximum atomic E-state index is 13.1. The van der Waals surface area contributed by atoms with Crippen LogP contribution in [0.2, 0.25) is 0 Å². The molecule has 0 bridgehead atoms. The smallest absolute Gasteiger partial charge is 0.411 e. The molecule has 1 amide bonds. The molecule has 0 unspecified atom stereocenters. The lowest BCUT2D eigenvalue weighted by Gasteiger charge is -2.29. The monoisotopic (exact) mass is 585 g/mol. The van der Waals surface area contributed by atoms with E-state index in [1.165, 1.54) is 5.56 Å². The van der Waals surface area contributed by atoms with E-state index in [2.05, 4.69) is 45.2 Å². The minimum absolute atomic E-state index is 0.104. The van der Waals surface area contributed by atoms with Crippen LogP contribution in [0.5, 0.6) is 0 Å². The Morgan fingerprint density at radius 1 is 0.886 bits per heavy atom. The number of fused-ring (bicyclic) bond motifs is 1. The number of allylic oxidation sites excluding steroid dienone is 1. The first-order chi connectivity index (χ1) is 21.6. The Labute approximate surface area is 256 Å². The van der Waals surface area contributed by atoms with E-state index in [1.54, 1.807) is 16.8 Å². The highest BCUT2D eigenvalue weighted by Gasteiger charge is 2.24. The number of carbonyl (C=O) groups is 2. The summed E-state index contributed by atoms with van der Waals surface area (Å²) in [6.45, 7) is 1.35. The average Bonchev–Trinajstić information content (AvgIpc) is 3.47. The molecule has 1 aliphatic rings. The van der Waals surface area contributed by atoms with E-state index >= 15 is 0 Å². The Hall–Kier alpha value is -5.08. The summed E-state index contributed by atoms with van der Waals surface area (Å²) < 4.78 is 7.67. The first-order valence-electron chi connectivity index (χ1n) is 15.0. The lowest BCUT2D eigenvalue weighted by atomic mass is 9.93. The molecular weight excluding hydrogens is 550 g/mol. The number of aldehydes is 1. The average molecular weight is 586 g/mol. The zero-order valence-electron chi connectivity index (χ0n) is 24.4. The van der Waals surface area contributed by atoms with E-state index in [-0.39, 0.29) is 6.10 Å². The van der Waals surface area contributed by atoms with Crippen molar-refractivity contribution in [2.45, 2.75) is 50.9 Å². The maximum absolute atomic E-state index is 13.1. The van der Waals surface area contributed by atoms with Gasteiger partial charge in [-0.3, -0.25) is 10.1 Å². The molecular formula is C36H35N5O3.